The van der Waals surface area contributed by atoms with Crippen LogP contribution >= 0.6 is 11.3 Å². The number of sulfone groups is 1. The molecule has 2 aliphatic rings. The van der Waals surface area contributed by atoms with Crippen molar-refractivity contribution in [2.75, 3.05) is 37.8 Å². The average Bonchev–Trinajstić information content (AvgIpc) is 3.67. The third-order valence-corrected chi connectivity index (χ3v) is 14.9. The smallest absolute Gasteiger partial charge is 0.181 e. The van der Waals surface area contributed by atoms with E-state index in [-0.39, 0.29) is 24.3 Å². The Labute approximate surface area is 280 Å². The first kappa shape index (κ1) is 35.6. The van der Waals surface area contributed by atoms with Gasteiger partial charge in [0.05, 0.1) is 22.3 Å². The van der Waals surface area contributed by atoms with Gasteiger partial charge in [-0.05, 0) is 50.1 Å². The van der Waals surface area contributed by atoms with Gasteiger partial charge in [0.2, 0.25) is 0 Å². The molecule has 2 unspecified atom stereocenters. The number of thiazole rings is 1. The van der Waals surface area contributed by atoms with Crippen LogP contribution in [-0.4, -0.2) is 82.2 Å². The topological polar surface area (TPSA) is 119 Å². The summed E-state index contributed by atoms with van der Waals surface area (Å²) >= 11 is 1.40. The Hall–Kier alpha value is -1.69. The maximum Gasteiger partial charge on any atom is 0.181 e. The predicted molar refractivity (Wildman–Crippen MR) is 191 cm³/mol. The number of hydrogen-bond donors (Lipinski definition) is 1. The number of aliphatic hydroxyl groups is 1. The van der Waals surface area contributed by atoms with Crippen molar-refractivity contribution in [2.45, 2.75) is 107 Å². The van der Waals surface area contributed by atoms with E-state index in [4.69, 9.17) is 19.6 Å². The lowest BCUT2D eigenvalue weighted by Crippen LogP contribution is -2.35. The van der Waals surface area contributed by atoms with Crippen molar-refractivity contribution in [3.63, 3.8) is 0 Å². The molecular weight excluding hydrogens is 655 g/mol. The molecule has 5 rings (SSSR count). The van der Waals surface area contributed by atoms with E-state index in [9.17, 15) is 13.5 Å². The van der Waals surface area contributed by atoms with E-state index in [0.29, 0.717) is 47.2 Å². The number of aromatic nitrogens is 4. The fraction of sp³-hybridized carbons (Fsp3) is 0.719. The molecule has 3 aromatic heterocycles. The number of ether oxygens (including phenoxy) is 2. The van der Waals surface area contributed by atoms with Gasteiger partial charge >= 0.3 is 0 Å². The molecule has 0 aromatic carbocycles. The van der Waals surface area contributed by atoms with Gasteiger partial charge < -0.3 is 19.5 Å². The summed E-state index contributed by atoms with van der Waals surface area (Å²) in [4.78, 5) is 12.6. The highest BCUT2D eigenvalue weighted by molar-refractivity contribution is 7.91. The molecule has 0 amide bonds. The molecule has 256 valence electrons. The molecule has 0 spiro atoms. The molecule has 0 radical (unpaired) electrons. The lowest BCUT2D eigenvalue weighted by molar-refractivity contribution is 0.0937. The van der Waals surface area contributed by atoms with E-state index < -0.39 is 32.1 Å². The minimum atomic E-state index is -3.74. The molecule has 2 bridgehead atoms. The number of hydrogen-bond acceptors (Lipinski definition) is 10. The molecule has 2 fully saturated rings. The van der Waals surface area contributed by atoms with E-state index >= 15 is 0 Å². The van der Waals surface area contributed by atoms with Crippen LogP contribution in [0.25, 0.3) is 16.1 Å². The largest absolute Gasteiger partial charge is 0.386 e. The second-order valence-corrected chi connectivity index (χ2v) is 30.2. The fourth-order valence-electron chi connectivity index (χ4n) is 6.67. The van der Waals surface area contributed by atoms with Gasteiger partial charge in [-0.2, -0.15) is 9.61 Å². The van der Waals surface area contributed by atoms with Crippen LogP contribution in [0.5, 0.6) is 0 Å². The summed E-state index contributed by atoms with van der Waals surface area (Å²) in [5, 5.41) is 15.6. The minimum Gasteiger partial charge on any atom is -0.386 e. The van der Waals surface area contributed by atoms with E-state index in [2.05, 4.69) is 44.3 Å². The molecule has 3 aromatic rings. The number of aliphatic hydroxyl groups excluding tert-OH is 1. The summed E-state index contributed by atoms with van der Waals surface area (Å²) < 4.78 is 42.1. The predicted octanol–water partition coefficient (Wildman–Crippen LogP) is 7.03. The second-order valence-electron chi connectivity index (χ2n) is 15.9. The van der Waals surface area contributed by atoms with Crippen molar-refractivity contribution in [3.8, 4) is 10.4 Å². The highest BCUT2D eigenvalue weighted by Crippen LogP contribution is 2.50. The molecule has 46 heavy (non-hydrogen) atoms. The van der Waals surface area contributed by atoms with E-state index in [1.54, 1.807) is 23.8 Å². The highest BCUT2D eigenvalue weighted by Gasteiger charge is 2.39. The third-order valence-electron chi connectivity index (χ3n) is 9.18. The molecule has 4 atom stereocenters. The minimum absolute atomic E-state index is 0.0411. The molecule has 3 heterocycles. The zero-order chi connectivity index (χ0) is 33.4. The maximum atomic E-state index is 13.9. The Bertz CT molecular complexity index is 1580. The van der Waals surface area contributed by atoms with Gasteiger partial charge in [0, 0.05) is 47.7 Å². The van der Waals surface area contributed by atoms with Crippen LogP contribution < -0.4 is 4.90 Å². The second kappa shape index (κ2) is 14.0. The molecule has 0 saturated heterocycles. The van der Waals surface area contributed by atoms with Gasteiger partial charge in [-0.3, -0.25) is 0 Å². The van der Waals surface area contributed by atoms with Gasteiger partial charge in [0.15, 0.2) is 21.3 Å². The fourth-order valence-corrected chi connectivity index (χ4v) is 10.2. The first-order valence-corrected chi connectivity index (χ1v) is 26.8. The average molecular weight is 708 g/mol. The van der Waals surface area contributed by atoms with Gasteiger partial charge in [0.25, 0.3) is 0 Å². The standard InChI is InChI=1S/C32H53N5O5S2Si2/c1-22(38)31-33-19-27(43-31)26-18-34-37-30(26)35-28(25-16-23-9-10-24(15-23)17-25)29(44(2,39)40)32(37)36(20-41-11-13-45(3,4)5)21-42-12-14-46(6,7)8/h18-19,22-25,38H,9-17,20-21H2,1-8H3/t22?,23-,24+,25?. The van der Waals surface area contributed by atoms with Crippen molar-refractivity contribution in [3.05, 3.63) is 23.1 Å². The van der Waals surface area contributed by atoms with Gasteiger partial charge in [-0.15, -0.1) is 11.3 Å². The zero-order valence-corrected chi connectivity index (χ0v) is 32.5. The first-order valence-electron chi connectivity index (χ1n) is 16.7. The number of fused-ring (bicyclic) bond motifs is 3. The Morgan fingerprint density at radius 3 is 2.09 bits per heavy atom. The lowest BCUT2D eigenvalue weighted by Gasteiger charge is -2.32. The summed E-state index contributed by atoms with van der Waals surface area (Å²) in [5.41, 5.74) is 1.99. The van der Waals surface area contributed by atoms with Crippen molar-refractivity contribution < 1.29 is 23.0 Å². The van der Waals surface area contributed by atoms with Crippen molar-refractivity contribution in [2.24, 2.45) is 11.8 Å². The van der Waals surface area contributed by atoms with Gasteiger partial charge in [-0.25, -0.2) is 18.4 Å². The Kier molecular flexibility index (Phi) is 10.9. The SMILES string of the molecule is CC(O)c1ncc(-c2cnn3c(N(COCC[Si](C)(C)C)COCC[Si](C)(C)C)c(S(C)(=O)=O)c(C4C[C@H]5CC[C@@H](C4)C5)nc23)s1. The normalized spacial score (nSPS) is 21.3. The van der Waals surface area contributed by atoms with E-state index in [1.807, 2.05) is 4.90 Å². The summed E-state index contributed by atoms with van der Waals surface area (Å²) in [6.07, 6.45) is 9.59. The van der Waals surface area contributed by atoms with Crippen LogP contribution in [0.15, 0.2) is 17.3 Å². The van der Waals surface area contributed by atoms with Gasteiger partial charge in [-0.1, -0.05) is 52.1 Å². The Morgan fingerprint density at radius 1 is 1.00 bits per heavy atom. The molecule has 2 aliphatic carbocycles. The maximum absolute atomic E-state index is 13.9. The Balaban J connectivity index is 1.66. The van der Waals surface area contributed by atoms with Crippen LogP contribution in [0, 0.1) is 11.8 Å². The van der Waals surface area contributed by atoms with Crippen LogP contribution in [0.3, 0.4) is 0 Å². The molecule has 10 nitrogen and oxygen atoms in total. The summed E-state index contributed by atoms with van der Waals surface area (Å²) in [6.45, 7) is 17.2. The molecular formula is C32H53N5O5S2Si2. The van der Waals surface area contributed by atoms with Crippen LogP contribution in [0.2, 0.25) is 51.4 Å². The quantitative estimate of drug-likeness (QED) is 0.101. The lowest BCUT2D eigenvalue weighted by atomic mass is 9.79. The number of nitrogens with zero attached hydrogens (tertiary/aromatic N) is 5. The van der Waals surface area contributed by atoms with Crippen molar-refractivity contribution >= 4 is 48.8 Å². The molecule has 2 saturated carbocycles. The zero-order valence-electron chi connectivity index (χ0n) is 28.9. The first-order chi connectivity index (χ1) is 21.5. The third kappa shape index (κ3) is 8.66. The molecule has 0 aliphatic heterocycles. The molecule has 1 N–H and O–H groups in total. The summed E-state index contributed by atoms with van der Waals surface area (Å²) in [7, 11) is -6.42. The summed E-state index contributed by atoms with van der Waals surface area (Å²) in [6, 6.07) is 2.00. The van der Waals surface area contributed by atoms with Crippen LogP contribution in [0.4, 0.5) is 5.82 Å². The van der Waals surface area contributed by atoms with Crippen LogP contribution in [-0.2, 0) is 19.3 Å². The number of anilines is 1. The van der Waals surface area contributed by atoms with E-state index in [1.165, 1.54) is 36.9 Å². The molecule has 14 heteroatoms. The number of rotatable bonds is 15. The Morgan fingerprint density at radius 2 is 1.59 bits per heavy atom. The monoisotopic (exact) mass is 707 g/mol. The highest BCUT2D eigenvalue weighted by atomic mass is 32.2. The van der Waals surface area contributed by atoms with Crippen molar-refractivity contribution in [1.29, 1.82) is 0 Å². The van der Waals surface area contributed by atoms with Crippen LogP contribution in [0.1, 0.15) is 61.8 Å². The summed E-state index contributed by atoms with van der Waals surface area (Å²) in [5.74, 6) is 1.69. The van der Waals surface area contributed by atoms with Crippen molar-refractivity contribution in [1.82, 2.24) is 19.6 Å². The van der Waals surface area contributed by atoms with E-state index in [0.717, 1.165) is 35.4 Å². The van der Waals surface area contributed by atoms with Gasteiger partial charge in [0.1, 0.15) is 29.5 Å².